The van der Waals surface area contributed by atoms with Crippen LogP contribution >= 0.6 is 0 Å². The smallest absolute Gasteiger partial charge is 0.264 e. The van der Waals surface area contributed by atoms with Crippen LogP contribution in [0.1, 0.15) is 45.2 Å². The summed E-state index contributed by atoms with van der Waals surface area (Å²) in [5.41, 5.74) is 1.49. The summed E-state index contributed by atoms with van der Waals surface area (Å²) in [6.45, 7) is 8.96. The van der Waals surface area contributed by atoms with Crippen molar-refractivity contribution in [2.75, 3.05) is 18.0 Å². The Bertz CT molecular complexity index is 1400. The molecule has 214 valence electrons. The van der Waals surface area contributed by atoms with Crippen LogP contribution in [-0.2, 0) is 26.2 Å². The summed E-state index contributed by atoms with van der Waals surface area (Å²) >= 11 is 0. The first kappa shape index (κ1) is 30.7. The molecule has 0 aliphatic heterocycles. The number of nitrogens with one attached hydrogen (secondary N) is 1. The van der Waals surface area contributed by atoms with Gasteiger partial charge in [0.1, 0.15) is 18.3 Å². The summed E-state index contributed by atoms with van der Waals surface area (Å²) in [4.78, 5) is 29.0. The number of anilines is 1. The van der Waals surface area contributed by atoms with E-state index in [1.807, 2.05) is 52.8 Å². The number of amides is 2. The van der Waals surface area contributed by atoms with Crippen LogP contribution in [-0.4, -0.2) is 50.4 Å². The highest BCUT2D eigenvalue weighted by atomic mass is 32.2. The van der Waals surface area contributed by atoms with Crippen molar-refractivity contribution in [1.29, 1.82) is 0 Å². The molecule has 0 bridgehead atoms. The highest BCUT2D eigenvalue weighted by Gasteiger charge is 2.34. The molecule has 0 fully saturated rings. The van der Waals surface area contributed by atoms with Crippen LogP contribution in [0.5, 0.6) is 5.75 Å². The predicted octanol–water partition coefficient (Wildman–Crippen LogP) is 4.92. The van der Waals surface area contributed by atoms with Gasteiger partial charge in [-0.15, -0.1) is 0 Å². The van der Waals surface area contributed by atoms with Gasteiger partial charge in [0, 0.05) is 12.1 Å². The lowest BCUT2D eigenvalue weighted by molar-refractivity contribution is -0.141. The van der Waals surface area contributed by atoms with Gasteiger partial charge in [-0.05, 0) is 81.6 Å². The highest BCUT2D eigenvalue weighted by molar-refractivity contribution is 7.92. The Balaban J connectivity index is 2.06. The Morgan fingerprint density at radius 1 is 0.950 bits per heavy atom. The van der Waals surface area contributed by atoms with E-state index < -0.39 is 34.1 Å². The number of rotatable bonds is 11. The molecule has 1 unspecified atom stereocenters. The van der Waals surface area contributed by atoms with Crippen LogP contribution in [0.3, 0.4) is 0 Å². The molecule has 0 spiro atoms. The van der Waals surface area contributed by atoms with Gasteiger partial charge in [0.15, 0.2) is 0 Å². The molecule has 0 saturated carbocycles. The van der Waals surface area contributed by atoms with Crippen molar-refractivity contribution in [3.05, 3.63) is 90.0 Å². The van der Waals surface area contributed by atoms with Crippen LogP contribution in [0.25, 0.3) is 0 Å². The number of carbonyl (C=O) groups is 2. The average Bonchev–Trinajstić information content (AvgIpc) is 2.91. The zero-order valence-electron chi connectivity index (χ0n) is 24.0. The zero-order chi connectivity index (χ0) is 29.5. The average molecular weight is 566 g/mol. The van der Waals surface area contributed by atoms with Gasteiger partial charge in [-0.3, -0.25) is 13.9 Å². The van der Waals surface area contributed by atoms with Crippen molar-refractivity contribution in [2.45, 2.75) is 64.1 Å². The van der Waals surface area contributed by atoms with E-state index in [1.165, 1.54) is 17.0 Å². The number of hydrogen-bond donors (Lipinski definition) is 1. The van der Waals surface area contributed by atoms with E-state index in [0.717, 1.165) is 15.4 Å². The summed E-state index contributed by atoms with van der Waals surface area (Å²) < 4.78 is 34.1. The minimum atomic E-state index is -4.09. The van der Waals surface area contributed by atoms with Crippen LogP contribution < -0.4 is 14.4 Å². The molecular weight excluding hydrogens is 526 g/mol. The van der Waals surface area contributed by atoms with Gasteiger partial charge in [0.25, 0.3) is 10.0 Å². The van der Waals surface area contributed by atoms with Gasteiger partial charge >= 0.3 is 0 Å². The third kappa shape index (κ3) is 7.85. The number of benzene rings is 3. The monoisotopic (exact) mass is 565 g/mol. The second kappa shape index (κ2) is 13.0. The first-order valence-corrected chi connectivity index (χ1v) is 14.7. The van der Waals surface area contributed by atoms with E-state index in [-0.39, 0.29) is 17.3 Å². The fraction of sp³-hybridized carbons (Fsp3) is 0.355. The number of hydrogen-bond acceptors (Lipinski definition) is 5. The second-order valence-corrected chi connectivity index (χ2v) is 12.6. The molecule has 3 rings (SSSR count). The molecule has 9 heteroatoms. The molecule has 0 aliphatic rings. The van der Waals surface area contributed by atoms with Gasteiger partial charge in [-0.25, -0.2) is 8.42 Å². The van der Waals surface area contributed by atoms with Gasteiger partial charge in [0.2, 0.25) is 11.8 Å². The lowest BCUT2D eigenvalue weighted by Crippen LogP contribution is -2.55. The first-order chi connectivity index (χ1) is 18.9. The van der Waals surface area contributed by atoms with Crippen molar-refractivity contribution in [3.63, 3.8) is 0 Å². The Hall–Kier alpha value is -3.85. The van der Waals surface area contributed by atoms with Gasteiger partial charge in [-0.1, -0.05) is 49.4 Å². The Morgan fingerprint density at radius 3 is 2.15 bits per heavy atom. The maximum Gasteiger partial charge on any atom is 0.264 e. The molecule has 0 saturated heterocycles. The number of methoxy groups -OCH3 is 1. The topological polar surface area (TPSA) is 96.0 Å². The van der Waals surface area contributed by atoms with Crippen molar-refractivity contribution >= 4 is 27.5 Å². The zero-order valence-corrected chi connectivity index (χ0v) is 24.9. The summed E-state index contributed by atoms with van der Waals surface area (Å²) in [6.07, 6.45) is 0.347. The van der Waals surface area contributed by atoms with Crippen LogP contribution in [0, 0.1) is 6.92 Å². The van der Waals surface area contributed by atoms with E-state index in [4.69, 9.17) is 4.74 Å². The van der Waals surface area contributed by atoms with Crippen molar-refractivity contribution < 1.29 is 22.7 Å². The minimum absolute atomic E-state index is 0.0727. The lowest BCUT2D eigenvalue weighted by Gasteiger charge is -2.34. The van der Waals surface area contributed by atoms with E-state index in [2.05, 4.69) is 5.32 Å². The summed E-state index contributed by atoms with van der Waals surface area (Å²) in [6, 6.07) is 21.4. The third-order valence-electron chi connectivity index (χ3n) is 6.30. The van der Waals surface area contributed by atoms with Crippen LogP contribution in [0.4, 0.5) is 5.69 Å². The van der Waals surface area contributed by atoms with Gasteiger partial charge < -0.3 is 15.0 Å². The molecule has 0 aliphatic carbocycles. The quantitative estimate of drug-likeness (QED) is 0.356. The fourth-order valence-electron chi connectivity index (χ4n) is 4.33. The number of carbonyl (C=O) groups excluding carboxylic acids is 2. The first-order valence-electron chi connectivity index (χ1n) is 13.2. The van der Waals surface area contributed by atoms with Crippen molar-refractivity contribution in [3.8, 4) is 5.75 Å². The number of ether oxygens (including phenoxy) is 1. The number of aryl methyl sites for hydroxylation is 1. The fourth-order valence-corrected chi connectivity index (χ4v) is 5.76. The molecule has 0 aromatic heterocycles. The number of nitrogens with zero attached hydrogens (tertiary/aromatic N) is 2. The van der Waals surface area contributed by atoms with E-state index in [9.17, 15) is 18.0 Å². The molecule has 3 aromatic rings. The van der Waals surface area contributed by atoms with Crippen LogP contribution in [0.2, 0.25) is 0 Å². The molecule has 1 atom stereocenters. The molecule has 0 heterocycles. The second-order valence-electron chi connectivity index (χ2n) is 10.7. The molecule has 40 heavy (non-hydrogen) atoms. The predicted molar refractivity (Wildman–Crippen MR) is 158 cm³/mol. The van der Waals surface area contributed by atoms with Crippen LogP contribution in [0.15, 0.2) is 83.8 Å². The SMILES string of the molecule is CCC(C(=O)NC(C)(C)C)N(Cc1ccc(OC)cc1)C(=O)CN(c1cccc(C)c1)S(=O)(=O)c1ccccc1. The lowest BCUT2D eigenvalue weighted by atomic mass is 10.1. The Kier molecular flexibility index (Phi) is 9.98. The van der Waals surface area contributed by atoms with E-state index >= 15 is 0 Å². The van der Waals surface area contributed by atoms with E-state index in [0.29, 0.717) is 17.9 Å². The Morgan fingerprint density at radius 2 is 1.60 bits per heavy atom. The maximum absolute atomic E-state index is 14.1. The molecule has 8 nitrogen and oxygen atoms in total. The summed E-state index contributed by atoms with van der Waals surface area (Å²) in [5, 5.41) is 2.97. The van der Waals surface area contributed by atoms with Gasteiger partial charge in [0.05, 0.1) is 17.7 Å². The molecule has 0 radical (unpaired) electrons. The van der Waals surface area contributed by atoms with Crippen molar-refractivity contribution in [2.24, 2.45) is 0 Å². The molecule has 1 N–H and O–H groups in total. The summed E-state index contributed by atoms with van der Waals surface area (Å²) in [7, 11) is -2.52. The van der Waals surface area contributed by atoms with Gasteiger partial charge in [-0.2, -0.15) is 0 Å². The highest BCUT2D eigenvalue weighted by Crippen LogP contribution is 2.26. The van der Waals surface area contributed by atoms with E-state index in [1.54, 1.807) is 55.6 Å². The standard InChI is InChI=1S/C31H39N3O5S/c1-7-28(30(36)32-31(3,4)5)33(21-24-16-18-26(39-6)19-17-24)29(35)22-34(25-13-11-12-23(2)20-25)40(37,38)27-14-9-8-10-15-27/h8-20,28H,7,21-22H2,1-6H3,(H,32,36). The normalized spacial score (nSPS) is 12.3. The minimum Gasteiger partial charge on any atom is -0.497 e. The Labute approximate surface area is 238 Å². The third-order valence-corrected chi connectivity index (χ3v) is 8.08. The summed E-state index contributed by atoms with van der Waals surface area (Å²) in [5.74, 6) is -0.128. The molecule has 3 aromatic carbocycles. The largest absolute Gasteiger partial charge is 0.497 e. The maximum atomic E-state index is 14.1. The molecule has 2 amide bonds. The van der Waals surface area contributed by atoms with Crippen molar-refractivity contribution in [1.82, 2.24) is 10.2 Å². The molecular formula is C31H39N3O5S. The number of sulfonamides is 1.